The van der Waals surface area contributed by atoms with Gasteiger partial charge < -0.3 is 4.90 Å². The third-order valence-electron chi connectivity index (χ3n) is 4.02. The fourth-order valence-corrected chi connectivity index (χ4v) is 3.85. The van der Waals surface area contributed by atoms with Gasteiger partial charge in [-0.05, 0) is 30.9 Å². The molecule has 128 valence electrons. The Bertz CT molecular complexity index is 686. The highest BCUT2D eigenvalue weighted by Gasteiger charge is 2.27. The van der Waals surface area contributed by atoms with E-state index in [0.717, 1.165) is 23.4 Å². The average Bonchev–Trinajstić information content (AvgIpc) is 2.47. The predicted molar refractivity (Wildman–Crippen MR) is 93.6 cm³/mol. The summed E-state index contributed by atoms with van der Waals surface area (Å²) in [6, 6.07) is 4.72. The summed E-state index contributed by atoms with van der Waals surface area (Å²) in [7, 11) is -3.66. The van der Waals surface area contributed by atoms with E-state index in [-0.39, 0.29) is 28.2 Å². The highest BCUT2D eigenvalue weighted by molar-refractivity contribution is 7.92. The van der Waals surface area contributed by atoms with Crippen LogP contribution in [0.2, 0.25) is 10.0 Å². The number of carbonyl (C=O) groups is 1. The first-order valence-corrected chi connectivity index (χ1v) is 10.00. The van der Waals surface area contributed by atoms with E-state index < -0.39 is 10.0 Å². The SMILES string of the molecule is CC1CCN(C(=O)CN(c2cccc(Cl)c2Cl)S(C)(=O)=O)CC1. The van der Waals surface area contributed by atoms with Crippen molar-refractivity contribution in [3.05, 3.63) is 28.2 Å². The number of rotatable bonds is 4. The number of piperidine rings is 1. The fraction of sp³-hybridized carbons (Fsp3) is 0.533. The van der Waals surface area contributed by atoms with Crippen molar-refractivity contribution in [1.82, 2.24) is 4.90 Å². The standard InChI is InChI=1S/C15H20Cl2N2O3S/c1-11-6-8-18(9-7-11)14(20)10-19(23(2,21)22)13-5-3-4-12(16)15(13)17/h3-5,11H,6-10H2,1-2H3. The zero-order chi connectivity index (χ0) is 17.2. The number of sulfonamides is 1. The van der Waals surface area contributed by atoms with Crippen LogP contribution in [-0.4, -0.2) is 45.1 Å². The summed E-state index contributed by atoms with van der Waals surface area (Å²) in [5.74, 6) is 0.366. The van der Waals surface area contributed by atoms with Gasteiger partial charge in [0.2, 0.25) is 15.9 Å². The molecule has 5 nitrogen and oxygen atoms in total. The monoisotopic (exact) mass is 378 g/mol. The smallest absolute Gasteiger partial charge is 0.243 e. The largest absolute Gasteiger partial charge is 0.341 e. The Morgan fingerprint density at radius 2 is 1.91 bits per heavy atom. The number of halogens is 2. The van der Waals surface area contributed by atoms with Crippen LogP contribution in [0.15, 0.2) is 18.2 Å². The Balaban J connectivity index is 2.24. The minimum Gasteiger partial charge on any atom is -0.341 e. The molecule has 0 spiro atoms. The molecule has 0 aromatic heterocycles. The Hall–Kier alpha value is -0.980. The molecule has 0 radical (unpaired) electrons. The van der Waals surface area contributed by atoms with Gasteiger partial charge in [0.1, 0.15) is 6.54 Å². The summed E-state index contributed by atoms with van der Waals surface area (Å²) in [5, 5.41) is 0.372. The van der Waals surface area contributed by atoms with Crippen molar-refractivity contribution in [2.75, 3.05) is 30.2 Å². The summed E-state index contributed by atoms with van der Waals surface area (Å²) in [4.78, 5) is 14.2. The van der Waals surface area contributed by atoms with Crippen LogP contribution < -0.4 is 4.31 Å². The molecule has 1 aromatic rings. The minimum atomic E-state index is -3.66. The lowest BCUT2D eigenvalue weighted by atomic mass is 9.99. The van der Waals surface area contributed by atoms with Crippen LogP contribution in [0.25, 0.3) is 0 Å². The first-order valence-electron chi connectivity index (χ1n) is 7.39. The molecule has 0 unspecified atom stereocenters. The fourth-order valence-electron chi connectivity index (χ4n) is 2.55. The molecular formula is C15H20Cl2N2O3S. The highest BCUT2D eigenvalue weighted by Crippen LogP contribution is 2.33. The van der Waals surface area contributed by atoms with Crippen LogP contribution in [0.4, 0.5) is 5.69 Å². The van der Waals surface area contributed by atoms with Gasteiger partial charge in [-0.25, -0.2) is 8.42 Å². The summed E-state index contributed by atoms with van der Waals surface area (Å²) < 4.78 is 25.3. The Kier molecular flexibility index (Phi) is 5.81. The Labute approximate surface area is 147 Å². The summed E-state index contributed by atoms with van der Waals surface area (Å²) in [5.41, 5.74) is 0.223. The van der Waals surface area contributed by atoms with Gasteiger partial charge in [-0.15, -0.1) is 0 Å². The third-order valence-corrected chi connectivity index (χ3v) is 5.95. The molecule has 1 aliphatic rings. The quantitative estimate of drug-likeness (QED) is 0.808. The van der Waals surface area contributed by atoms with Crippen molar-refractivity contribution in [3.63, 3.8) is 0 Å². The van der Waals surface area contributed by atoms with E-state index in [2.05, 4.69) is 6.92 Å². The molecule has 8 heteroatoms. The molecule has 0 bridgehead atoms. The zero-order valence-electron chi connectivity index (χ0n) is 13.1. The van der Waals surface area contributed by atoms with Gasteiger partial charge in [0, 0.05) is 13.1 Å². The maximum absolute atomic E-state index is 12.5. The summed E-state index contributed by atoms with van der Waals surface area (Å²) in [6.07, 6.45) is 2.92. The van der Waals surface area contributed by atoms with Gasteiger partial charge in [-0.3, -0.25) is 9.10 Å². The van der Waals surface area contributed by atoms with Gasteiger partial charge in [-0.1, -0.05) is 36.2 Å². The molecular weight excluding hydrogens is 359 g/mol. The van der Waals surface area contributed by atoms with Crippen LogP contribution in [0.1, 0.15) is 19.8 Å². The topological polar surface area (TPSA) is 57.7 Å². The lowest BCUT2D eigenvalue weighted by Crippen LogP contribution is -2.45. The summed E-state index contributed by atoms with van der Waals surface area (Å²) >= 11 is 12.1. The minimum absolute atomic E-state index is 0.125. The number of anilines is 1. The van der Waals surface area contributed by atoms with E-state index in [4.69, 9.17) is 23.2 Å². The number of hydrogen-bond donors (Lipinski definition) is 0. The van der Waals surface area contributed by atoms with Crippen molar-refractivity contribution >= 4 is 44.8 Å². The second-order valence-electron chi connectivity index (χ2n) is 5.91. The number of hydrogen-bond acceptors (Lipinski definition) is 3. The van der Waals surface area contributed by atoms with Gasteiger partial charge in [-0.2, -0.15) is 0 Å². The molecule has 23 heavy (non-hydrogen) atoms. The molecule has 1 aliphatic heterocycles. The lowest BCUT2D eigenvalue weighted by molar-refractivity contribution is -0.130. The van der Waals surface area contributed by atoms with Crippen LogP contribution in [0, 0.1) is 5.92 Å². The van der Waals surface area contributed by atoms with Crippen molar-refractivity contribution in [3.8, 4) is 0 Å². The molecule has 1 heterocycles. The van der Waals surface area contributed by atoms with E-state index in [0.29, 0.717) is 19.0 Å². The molecule has 1 saturated heterocycles. The number of likely N-dealkylation sites (tertiary alicyclic amines) is 1. The maximum atomic E-state index is 12.5. The van der Waals surface area contributed by atoms with E-state index >= 15 is 0 Å². The van der Waals surface area contributed by atoms with Crippen molar-refractivity contribution < 1.29 is 13.2 Å². The highest BCUT2D eigenvalue weighted by atomic mass is 35.5. The zero-order valence-corrected chi connectivity index (χ0v) is 15.5. The molecule has 2 rings (SSSR count). The van der Waals surface area contributed by atoms with Crippen LogP contribution in [0.3, 0.4) is 0 Å². The molecule has 1 amide bonds. The van der Waals surface area contributed by atoms with Crippen molar-refractivity contribution in [2.45, 2.75) is 19.8 Å². The molecule has 0 aliphatic carbocycles. The Morgan fingerprint density at radius 3 is 2.48 bits per heavy atom. The average molecular weight is 379 g/mol. The Morgan fingerprint density at radius 1 is 1.30 bits per heavy atom. The second-order valence-corrected chi connectivity index (χ2v) is 8.60. The maximum Gasteiger partial charge on any atom is 0.243 e. The second kappa shape index (κ2) is 7.28. The van der Waals surface area contributed by atoms with Gasteiger partial charge >= 0.3 is 0 Å². The van der Waals surface area contributed by atoms with Gasteiger partial charge in [0.15, 0.2) is 0 Å². The molecule has 1 fully saturated rings. The lowest BCUT2D eigenvalue weighted by Gasteiger charge is -2.32. The van der Waals surface area contributed by atoms with Gasteiger partial charge in [0.05, 0.1) is 22.0 Å². The van der Waals surface area contributed by atoms with Crippen molar-refractivity contribution in [1.29, 1.82) is 0 Å². The first kappa shape index (κ1) is 18.4. The molecule has 0 atom stereocenters. The number of benzene rings is 1. The van der Waals surface area contributed by atoms with Crippen LogP contribution >= 0.6 is 23.2 Å². The normalized spacial score (nSPS) is 16.4. The third kappa shape index (κ3) is 4.52. The van der Waals surface area contributed by atoms with Crippen LogP contribution in [-0.2, 0) is 14.8 Å². The number of carbonyl (C=O) groups excluding carboxylic acids is 1. The van der Waals surface area contributed by atoms with E-state index in [1.54, 1.807) is 23.1 Å². The number of amides is 1. The molecule has 0 N–H and O–H groups in total. The molecule has 1 aromatic carbocycles. The van der Waals surface area contributed by atoms with E-state index in [1.165, 1.54) is 0 Å². The molecule has 0 saturated carbocycles. The summed E-state index contributed by atoms with van der Waals surface area (Å²) in [6.45, 7) is 3.19. The number of nitrogens with zero attached hydrogens (tertiary/aromatic N) is 2. The first-order chi connectivity index (χ1) is 10.7. The van der Waals surface area contributed by atoms with E-state index in [1.807, 2.05) is 0 Å². The van der Waals surface area contributed by atoms with E-state index in [9.17, 15) is 13.2 Å². The van der Waals surface area contributed by atoms with Crippen LogP contribution in [0.5, 0.6) is 0 Å². The van der Waals surface area contributed by atoms with Crippen molar-refractivity contribution in [2.24, 2.45) is 5.92 Å². The van der Waals surface area contributed by atoms with Gasteiger partial charge in [0.25, 0.3) is 0 Å². The predicted octanol–water partition coefficient (Wildman–Crippen LogP) is 3.02.